The van der Waals surface area contributed by atoms with Gasteiger partial charge in [-0.2, -0.15) is 0 Å². The van der Waals surface area contributed by atoms with Crippen LogP contribution in [0.15, 0.2) is 53.1 Å². The normalized spacial score (nSPS) is 12.4. The zero-order valence-electron chi connectivity index (χ0n) is 14.1. The number of carbonyl (C=O) groups excluding carboxylic acids is 1. The predicted molar refractivity (Wildman–Crippen MR) is 96.0 cm³/mol. The molecule has 0 unspecified atom stereocenters. The molecule has 2 aromatic carbocycles. The van der Waals surface area contributed by atoms with E-state index in [0.29, 0.717) is 0 Å². The Balaban J connectivity index is 2.45. The Morgan fingerprint density at radius 2 is 1.64 bits per heavy atom. The smallest absolute Gasteiger partial charge is 0.261 e. The van der Waals surface area contributed by atoms with Gasteiger partial charge in [0, 0.05) is 11.3 Å². The first-order valence-electron chi connectivity index (χ1n) is 7.45. The Morgan fingerprint density at radius 3 is 2.16 bits per heavy atom. The zero-order chi connectivity index (χ0) is 18.8. The molecule has 132 valence electrons. The number of nitrogens with one attached hydrogen (secondary N) is 1. The molecule has 0 saturated heterocycles. The average molecular weight is 361 g/mol. The van der Waals surface area contributed by atoms with Crippen molar-refractivity contribution >= 4 is 27.1 Å². The number of aromatic hydroxyl groups is 1. The molecule has 0 aliphatic carbocycles. The van der Waals surface area contributed by atoms with E-state index in [1.54, 1.807) is 12.1 Å². The second kappa shape index (κ2) is 6.98. The lowest BCUT2D eigenvalue weighted by molar-refractivity contribution is -0.111. The number of benzene rings is 2. The van der Waals surface area contributed by atoms with Crippen molar-refractivity contribution in [3.05, 3.63) is 59.4 Å². The maximum Gasteiger partial charge on any atom is 0.261 e. The van der Waals surface area contributed by atoms with Crippen molar-refractivity contribution in [1.29, 1.82) is 0 Å². The Bertz CT molecular complexity index is 940. The van der Waals surface area contributed by atoms with Crippen molar-refractivity contribution in [2.24, 2.45) is 0 Å². The lowest BCUT2D eigenvalue weighted by Crippen LogP contribution is -2.13. The number of aliphatic hydroxyl groups excluding tert-OH is 1. The number of anilines is 1. The molecule has 0 bridgehead atoms. The van der Waals surface area contributed by atoms with Gasteiger partial charge < -0.3 is 10.2 Å². The molecule has 0 heterocycles. The standard InChI is InChI=1S/C18H19NO5S/c1-11-4-7-15(8-5-11)25(23,24)19-14-6-9-17(22)16(10-14)18(12(2)20)13(3)21/h4-10,19-20,22H,1-3H3/b18-12-. The molecular weight excluding hydrogens is 342 g/mol. The number of rotatable bonds is 5. The number of Topliss-reactive ketones (excluding diaryl/α,β-unsaturated/α-hetero) is 1. The van der Waals surface area contributed by atoms with Gasteiger partial charge in [-0.05, 0) is 51.1 Å². The van der Waals surface area contributed by atoms with E-state index >= 15 is 0 Å². The fourth-order valence-electron chi connectivity index (χ4n) is 2.37. The average Bonchev–Trinajstić information content (AvgIpc) is 2.50. The summed E-state index contributed by atoms with van der Waals surface area (Å²) >= 11 is 0. The van der Waals surface area contributed by atoms with E-state index < -0.39 is 15.8 Å². The molecule has 0 amide bonds. The van der Waals surface area contributed by atoms with Crippen molar-refractivity contribution in [2.45, 2.75) is 25.7 Å². The summed E-state index contributed by atoms with van der Waals surface area (Å²) in [5, 5.41) is 19.7. The topological polar surface area (TPSA) is 104 Å². The molecule has 0 atom stereocenters. The molecule has 0 aromatic heterocycles. The minimum absolute atomic E-state index is 0.0524. The molecule has 0 aliphatic heterocycles. The van der Waals surface area contributed by atoms with E-state index in [0.717, 1.165) is 5.56 Å². The number of ketones is 1. The lowest BCUT2D eigenvalue weighted by Gasteiger charge is -2.12. The SMILES string of the molecule is CC(=O)/C(=C(\C)O)c1cc(NS(=O)(=O)c2ccc(C)cc2)ccc1O. The molecule has 0 aliphatic rings. The lowest BCUT2D eigenvalue weighted by atomic mass is 10.00. The Labute approximate surface area is 146 Å². The van der Waals surface area contributed by atoms with Crippen LogP contribution in [0.3, 0.4) is 0 Å². The van der Waals surface area contributed by atoms with Gasteiger partial charge in [0.1, 0.15) is 11.5 Å². The number of aliphatic hydroxyl groups is 1. The van der Waals surface area contributed by atoms with E-state index in [1.165, 1.54) is 44.2 Å². The highest BCUT2D eigenvalue weighted by Gasteiger charge is 2.18. The first-order valence-corrected chi connectivity index (χ1v) is 8.94. The number of phenolic OH excluding ortho intramolecular Hbond substituents is 1. The zero-order valence-corrected chi connectivity index (χ0v) is 14.9. The van der Waals surface area contributed by atoms with Crippen LogP contribution in [0.5, 0.6) is 5.75 Å². The highest BCUT2D eigenvalue weighted by molar-refractivity contribution is 7.92. The molecule has 0 radical (unpaired) electrons. The number of hydrogen-bond donors (Lipinski definition) is 3. The fraction of sp³-hybridized carbons (Fsp3) is 0.167. The summed E-state index contributed by atoms with van der Waals surface area (Å²) in [6, 6.07) is 10.3. The van der Waals surface area contributed by atoms with Crippen LogP contribution >= 0.6 is 0 Å². The summed E-state index contributed by atoms with van der Waals surface area (Å²) < 4.78 is 27.3. The third-order valence-electron chi connectivity index (χ3n) is 3.56. The van der Waals surface area contributed by atoms with Crippen LogP contribution in [0, 0.1) is 6.92 Å². The van der Waals surface area contributed by atoms with E-state index in [1.807, 2.05) is 6.92 Å². The summed E-state index contributed by atoms with van der Waals surface area (Å²) in [6.07, 6.45) is 0. The van der Waals surface area contributed by atoms with Gasteiger partial charge in [-0.25, -0.2) is 8.42 Å². The molecule has 0 spiro atoms. The number of carbonyl (C=O) groups is 1. The Hall–Kier alpha value is -2.80. The maximum atomic E-state index is 12.4. The molecule has 0 saturated carbocycles. The second-order valence-electron chi connectivity index (χ2n) is 5.67. The largest absolute Gasteiger partial charge is 0.512 e. The molecule has 2 aromatic rings. The van der Waals surface area contributed by atoms with Crippen LogP contribution in [-0.2, 0) is 14.8 Å². The molecule has 3 N–H and O–H groups in total. The number of sulfonamides is 1. The van der Waals surface area contributed by atoms with Gasteiger partial charge in [0.25, 0.3) is 10.0 Å². The monoisotopic (exact) mass is 361 g/mol. The number of hydrogen-bond acceptors (Lipinski definition) is 5. The van der Waals surface area contributed by atoms with Crippen molar-refractivity contribution in [3.63, 3.8) is 0 Å². The van der Waals surface area contributed by atoms with Crippen LogP contribution < -0.4 is 4.72 Å². The van der Waals surface area contributed by atoms with Crippen LogP contribution in [-0.4, -0.2) is 24.4 Å². The number of phenols is 1. The summed E-state index contributed by atoms with van der Waals surface area (Å²) in [5.41, 5.74) is 1.07. The van der Waals surface area contributed by atoms with Crippen molar-refractivity contribution in [2.75, 3.05) is 4.72 Å². The molecule has 0 fully saturated rings. The van der Waals surface area contributed by atoms with E-state index in [4.69, 9.17) is 0 Å². The van der Waals surface area contributed by atoms with Crippen molar-refractivity contribution in [1.82, 2.24) is 0 Å². The molecule has 6 nitrogen and oxygen atoms in total. The van der Waals surface area contributed by atoms with Crippen molar-refractivity contribution in [3.8, 4) is 5.75 Å². The Morgan fingerprint density at radius 1 is 1.04 bits per heavy atom. The summed E-state index contributed by atoms with van der Waals surface area (Å²) in [4.78, 5) is 11.8. The molecule has 25 heavy (non-hydrogen) atoms. The summed E-state index contributed by atoms with van der Waals surface area (Å²) in [5.74, 6) is -0.952. The van der Waals surface area contributed by atoms with E-state index in [-0.39, 0.29) is 33.2 Å². The van der Waals surface area contributed by atoms with E-state index in [9.17, 15) is 23.4 Å². The highest BCUT2D eigenvalue weighted by atomic mass is 32.2. The van der Waals surface area contributed by atoms with Gasteiger partial charge in [-0.1, -0.05) is 17.7 Å². The number of aryl methyl sites for hydroxylation is 1. The minimum Gasteiger partial charge on any atom is -0.512 e. The molecule has 2 rings (SSSR count). The van der Waals surface area contributed by atoms with Gasteiger partial charge in [0.05, 0.1) is 10.5 Å². The van der Waals surface area contributed by atoms with Gasteiger partial charge in [-0.3, -0.25) is 9.52 Å². The predicted octanol–water partition coefficient (Wildman–Crippen LogP) is 3.38. The minimum atomic E-state index is -3.82. The summed E-state index contributed by atoms with van der Waals surface area (Å²) in [6.45, 7) is 4.42. The maximum absolute atomic E-state index is 12.4. The van der Waals surface area contributed by atoms with Crippen LogP contribution in [0.25, 0.3) is 5.57 Å². The Kier molecular flexibility index (Phi) is 5.18. The fourth-order valence-corrected chi connectivity index (χ4v) is 3.42. The number of allylic oxidation sites excluding steroid dienone is 2. The molecular formula is C18H19NO5S. The third kappa shape index (κ3) is 4.19. The molecule has 7 heteroatoms. The second-order valence-corrected chi connectivity index (χ2v) is 7.35. The van der Waals surface area contributed by atoms with Gasteiger partial charge in [-0.15, -0.1) is 0 Å². The summed E-state index contributed by atoms with van der Waals surface area (Å²) in [7, 11) is -3.82. The van der Waals surface area contributed by atoms with Gasteiger partial charge >= 0.3 is 0 Å². The van der Waals surface area contributed by atoms with Gasteiger partial charge in [0.15, 0.2) is 5.78 Å². The van der Waals surface area contributed by atoms with Crippen LogP contribution in [0.2, 0.25) is 0 Å². The third-order valence-corrected chi connectivity index (χ3v) is 4.96. The van der Waals surface area contributed by atoms with Gasteiger partial charge in [0.2, 0.25) is 0 Å². The van der Waals surface area contributed by atoms with Crippen LogP contribution in [0.4, 0.5) is 5.69 Å². The first kappa shape index (κ1) is 18.5. The highest BCUT2D eigenvalue weighted by Crippen LogP contribution is 2.31. The first-order chi connectivity index (χ1) is 11.6. The quantitative estimate of drug-likeness (QED) is 0.430. The van der Waals surface area contributed by atoms with Crippen molar-refractivity contribution < 1.29 is 23.4 Å². The van der Waals surface area contributed by atoms with Crippen LogP contribution in [0.1, 0.15) is 25.0 Å². The van der Waals surface area contributed by atoms with E-state index in [2.05, 4.69) is 4.72 Å².